The molecule has 28 heavy (non-hydrogen) atoms. The highest BCUT2D eigenvalue weighted by Gasteiger charge is 2.17. The Bertz CT molecular complexity index is 547. The van der Waals surface area contributed by atoms with Gasteiger partial charge in [-0.1, -0.05) is 19.3 Å². The molecule has 1 aromatic rings. The standard InChI is InChI=1S/C22H37NO5/c1-6-23(7-2)14-12-10-8-9-11-13-15-28-22(24)18-16-19(25-3)21(27-5)20(17-18)26-4/h16-17H,6-15H2,1-5H3/p+1. The molecule has 0 aliphatic heterocycles. The van der Waals surface area contributed by atoms with Crippen LogP contribution in [0.2, 0.25) is 0 Å². The molecule has 160 valence electrons. The van der Waals surface area contributed by atoms with E-state index in [4.69, 9.17) is 18.9 Å². The van der Waals surface area contributed by atoms with Crippen LogP contribution < -0.4 is 19.1 Å². The first-order valence-electron chi connectivity index (χ1n) is 10.4. The molecule has 1 aromatic carbocycles. The van der Waals surface area contributed by atoms with E-state index in [2.05, 4.69) is 13.8 Å². The number of esters is 1. The zero-order valence-corrected chi connectivity index (χ0v) is 18.3. The summed E-state index contributed by atoms with van der Waals surface area (Å²) in [4.78, 5) is 14.0. The van der Waals surface area contributed by atoms with Crippen LogP contribution in [-0.2, 0) is 4.74 Å². The zero-order chi connectivity index (χ0) is 20.8. The molecule has 0 spiro atoms. The summed E-state index contributed by atoms with van der Waals surface area (Å²) >= 11 is 0. The number of rotatable bonds is 15. The molecule has 0 amide bonds. The van der Waals surface area contributed by atoms with Gasteiger partial charge in [-0.05, 0) is 45.2 Å². The Kier molecular flexibility index (Phi) is 12.1. The number of hydrogen-bond donors (Lipinski definition) is 1. The lowest BCUT2D eigenvalue weighted by atomic mass is 10.1. The van der Waals surface area contributed by atoms with Gasteiger partial charge >= 0.3 is 5.97 Å². The van der Waals surface area contributed by atoms with Crippen LogP contribution in [0.5, 0.6) is 17.2 Å². The van der Waals surface area contributed by atoms with E-state index in [-0.39, 0.29) is 5.97 Å². The van der Waals surface area contributed by atoms with Gasteiger partial charge in [0.05, 0.1) is 53.1 Å². The summed E-state index contributed by atoms with van der Waals surface area (Å²) in [7, 11) is 4.58. The van der Waals surface area contributed by atoms with Crippen molar-refractivity contribution < 1.29 is 28.6 Å². The number of quaternary nitrogens is 1. The summed E-state index contributed by atoms with van der Waals surface area (Å²) in [6, 6.07) is 3.23. The van der Waals surface area contributed by atoms with Gasteiger partial charge in [0, 0.05) is 0 Å². The maximum Gasteiger partial charge on any atom is 0.338 e. The summed E-state index contributed by atoms with van der Waals surface area (Å²) in [6.07, 6.45) is 7.00. The van der Waals surface area contributed by atoms with Crippen molar-refractivity contribution in [1.29, 1.82) is 0 Å². The number of carbonyl (C=O) groups is 1. The number of carbonyl (C=O) groups excluding carboxylic acids is 1. The fraction of sp³-hybridized carbons (Fsp3) is 0.682. The lowest BCUT2D eigenvalue weighted by molar-refractivity contribution is -0.896. The fourth-order valence-corrected chi connectivity index (χ4v) is 3.23. The molecule has 0 atom stereocenters. The molecule has 6 heteroatoms. The Morgan fingerprint density at radius 1 is 0.821 bits per heavy atom. The fourth-order valence-electron chi connectivity index (χ4n) is 3.23. The average Bonchev–Trinajstić information content (AvgIpc) is 2.73. The third-order valence-corrected chi connectivity index (χ3v) is 5.06. The predicted molar refractivity (Wildman–Crippen MR) is 111 cm³/mol. The van der Waals surface area contributed by atoms with Crippen molar-refractivity contribution in [2.45, 2.75) is 52.4 Å². The minimum absolute atomic E-state index is 0.374. The SMILES string of the molecule is CC[NH+](CC)CCCCCCCCOC(=O)c1cc(OC)c(OC)c(OC)c1. The van der Waals surface area contributed by atoms with Crippen molar-refractivity contribution in [3.8, 4) is 17.2 Å². The number of benzene rings is 1. The minimum Gasteiger partial charge on any atom is -0.493 e. The molecule has 1 N–H and O–H groups in total. The Hall–Kier alpha value is -1.95. The summed E-state index contributed by atoms with van der Waals surface area (Å²) in [5, 5.41) is 0. The van der Waals surface area contributed by atoms with Crippen LogP contribution in [0, 0.1) is 0 Å². The van der Waals surface area contributed by atoms with Gasteiger partial charge in [0.1, 0.15) is 0 Å². The van der Waals surface area contributed by atoms with Crippen molar-refractivity contribution in [2.75, 3.05) is 47.6 Å². The normalized spacial score (nSPS) is 10.8. The first kappa shape index (κ1) is 24.1. The molecule has 0 saturated carbocycles. The van der Waals surface area contributed by atoms with Gasteiger partial charge in [0.15, 0.2) is 11.5 Å². The molecule has 6 nitrogen and oxygen atoms in total. The summed E-state index contributed by atoms with van der Waals surface area (Å²) < 4.78 is 21.2. The molecule has 0 fully saturated rings. The lowest BCUT2D eigenvalue weighted by Crippen LogP contribution is -3.11. The molecule has 0 unspecified atom stereocenters. The van der Waals surface area contributed by atoms with Gasteiger partial charge < -0.3 is 23.8 Å². The van der Waals surface area contributed by atoms with Gasteiger partial charge in [-0.2, -0.15) is 0 Å². The van der Waals surface area contributed by atoms with Crippen molar-refractivity contribution in [3.63, 3.8) is 0 Å². The summed E-state index contributed by atoms with van der Waals surface area (Å²) in [5.74, 6) is 0.978. The molecule has 0 radical (unpaired) electrons. The van der Waals surface area contributed by atoms with Crippen LogP contribution in [0.25, 0.3) is 0 Å². The molecular formula is C22H38NO5+. The Morgan fingerprint density at radius 3 is 1.86 bits per heavy atom. The highest BCUT2D eigenvalue weighted by atomic mass is 16.5. The summed E-state index contributed by atoms with van der Waals surface area (Å²) in [5.41, 5.74) is 0.397. The van der Waals surface area contributed by atoms with E-state index < -0.39 is 0 Å². The van der Waals surface area contributed by atoms with Gasteiger partial charge in [-0.25, -0.2) is 4.79 Å². The Morgan fingerprint density at radius 2 is 1.36 bits per heavy atom. The highest BCUT2D eigenvalue weighted by Crippen LogP contribution is 2.38. The van der Waals surface area contributed by atoms with Crippen LogP contribution in [0.15, 0.2) is 12.1 Å². The van der Waals surface area contributed by atoms with Crippen LogP contribution in [0.1, 0.15) is 62.7 Å². The second-order valence-electron chi connectivity index (χ2n) is 6.88. The number of hydrogen-bond acceptors (Lipinski definition) is 5. The van der Waals surface area contributed by atoms with E-state index >= 15 is 0 Å². The van der Waals surface area contributed by atoms with Gasteiger partial charge in [-0.3, -0.25) is 0 Å². The smallest absolute Gasteiger partial charge is 0.338 e. The maximum atomic E-state index is 12.3. The monoisotopic (exact) mass is 396 g/mol. The van der Waals surface area contributed by atoms with Crippen LogP contribution >= 0.6 is 0 Å². The molecule has 0 saturated heterocycles. The number of unbranched alkanes of at least 4 members (excludes halogenated alkanes) is 5. The average molecular weight is 397 g/mol. The van der Waals surface area contributed by atoms with Gasteiger partial charge in [-0.15, -0.1) is 0 Å². The van der Waals surface area contributed by atoms with Crippen LogP contribution in [-0.4, -0.2) is 53.5 Å². The van der Waals surface area contributed by atoms with Crippen LogP contribution in [0.4, 0.5) is 0 Å². The minimum atomic E-state index is -0.374. The molecule has 0 bridgehead atoms. The maximum absolute atomic E-state index is 12.3. The third-order valence-electron chi connectivity index (χ3n) is 5.06. The van der Waals surface area contributed by atoms with E-state index in [0.717, 1.165) is 12.8 Å². The Labute approximate surface area is 170 Å². The lowest BCUT2D eigenvalue weighted by Gasteiger charge is -2.14. The second kappa shape index (κ2) is 14.1. The largest absolute Gasteiger partial charge is 0.493 e. The van der Waals surface area contributed by atoms with Crippen molar-refractivity contribution in [2.24, 2.45) is 0 Å². The van der Waals surface area contributed by atoms with E-state index in [1.54, 1.807) is 17.0 Å². The number of ether oxygens (including phenoxy) is 4. The van der Waals surface area contributed by atoms with Gasteiger partial charge in [0.25, 0.3) is 0 Å². The molecule has 0 heterocycles. The molecule has 1 rings (SSSR count). The third kappa shape index (κ3) is 7.97. The molecule has 0 aliphatic carbocycles. The van der Waals surface area contributed by atoms with E-state index in [0.29, 0.717) is 29.4 Å². The summed E-state index contributed by atoms with van der Waals surface area (Å²) in [6.45, 7) is 8.64. The van der Waals surface area contributed by atoms with E-state index in [9.17, 15) is 4.79 Å². The highest BCUT2D eigenvalue weighted by molar-refractivity contribution is 5.91. The van der Waals surface area contributed by atoms with Crippen LogP contribution in [0.3, 0.4) is 0 Å². The number of nitrogens with one attached hydrogen (secondary N) is 1. The van der Waals surface area contributed by atoms with Crippen molar-refractivity contribution >= 4 is 5.97 Å². The quantitative estimate of drug-likeness (QED) is 0.365. The van der Waals surface area contributed by atoms with Crippen molar-refractivity contribution in [3.05, 3.63) is 17.7 Å². The first-order valence-corrected chi connectivity index (χ1v) is 10.4. The first-order chi connectivity index (χ1) is 13.6. The number of methoxy groups -OCH3 is 3. The predicted octanol–water partition coefficient (Wildman–Crippen LogP) is 3.13. The zero-order valence-electron chi connectivity index (χ0n) is 18.3. The van der Waals surface area contributed by atoms with Gasteiger partial charge in [0.2, 0.25) is 5.75 Å². The van der Waals surface area contributed by atoms with E-state index in [1.807, 2.05) is 0 Å². The topological polar surface area (TPSA) is 58.4 Å². The Balaban J connectivity index is 2.28. The van der Waals surface area contributed by atoms with Crippen molar-refractivity contribution in [1.82, 2.24) is 0 Å². The van der Waals surface area contributed by atoms with E-state index in [1.165, 1.54) is 66.6 Å². The molecule has 0 aliphatic rings. The molecular weight excluding hydrogens is 358 g/mol. The molecule has 0 aromatic heterocycles. The second-order valence-corrected chi connectivity index (χ2v) is 6.88.